The van der Waals surface area contributed by atoms with E-state index in [9.17, 15) is 9.59 Å². The molecule has 1 heterocycles. The summed E-state index contributed by atoms with van der Waals surface area (Å²) < 4.78 is 5.18. The van der Waals surface area contributed by atoms with Crippen molar-refractivity contribution in [2.45, 2.75) is 19.8 Å². The van der Waals surface area contributed by atoms with Crippen LogP contribution in [0.4, 0.5) is 5.69 Å². The molecule has 7 heteroatoms. The van der Waals surface area contributed by atoms with Crippen molar-refractivity contribution in [2.75, 3.05) is 12.4 Å². The Morgan fingerprint density at radius 2 is 2.05 bits per heavy atom. The highest BCUT2D eigenvalue weighted by atomic mass is 32.1. The fraction of sp³-hybridized carbons (Fsp3) is 0.267. The van der Waals surface area contributed by atoms with Crippen LogP contribution in [0.5, 0.6) is 5.75 Å². The zero-order chi connectivity index (χ0) is 16.3. The van der Waals surface area contributed by atoms with Crippen LogP contribution >= 0.6 is 11.3 Å². The molecule has 1 amide bonds. The first-order valence-electron chi connectivity index (χ1n) is 6.58. The molecule has 2 N–H and O–H groups in total. The average molecular weight is 320 g/mol. The first-order valence-corrected chi connectivity index (χ1v) is 7.40. The molecule has 0 aliphatic rings. The van der Waals surface area contributed by atoms with E-state index in [0.29, 0.717) is 22.1 Å². The first-order chi connectivity index (χ1) is 10.4. The number of carbonyl (C=O) groups excluding carboxylic acids is 1. The van der Waals surface area contributed by atoms with E-state index in [1.165, 1.54) is 7.11 Å². The summed E-state index contributed by atoms with van der Waals surface area (Å²) >= 11 is 1.02. The summed E-state index contributed by atoms with van der Waals surface area (Å²) in [5.41, 5.74) is 0.984. The summed E-state index contributed by atoms with van der Waals surface area (Å²) in [4.78, 5) is 27.7. The van der Waals surface area contributed by atoms with Gasteiger partial charge in [-0.2, -0.15) is 0 Å². The van der Waals surface area contributed by atoms with Crippen molar-refractivity contribution in [3.63, 3.8) is 0 Å². The van der Waals surface area contributed by atoms with E-state index in [1.807, 2.05) is 0 Å². The van der Waals surface area contributed by atoms with E-state index in [-0.39, 0.29) is 10.8 Å². The Hall–Kier alpha value is -2.41. The number of rotatable bonds is 5. The molecule has 1 aromatic carbocycles. The number of methoxy groups -OCH3 is 1. The number of carbonyl (C=O) groups is 2. The maximum absolute atomic E-state index is 12.3. The minimum atomic E-state index is -1.03. The van der Waals surface area contributed by atoms with Gasteiger partial charge in [0.2, 0.25) is 5.91 Å². The fourth-order valence-corrected chi connectivity index (χ4v) is 2.86. The lowest BCUT2D eigenvalue weighted by Gasteiger charge is -2.12. The van der Waals surface area contributed by atoms with E-state index in [1.54, 1.807) is 38.1 Å². The third-order valence-corrected chi connectivity index (χ3v) is 4.46. The van der Waals surface area contributed by atoms with Gasteiger partial charge in [0.15, 0.2) is 0 Å². The fourth-order valence-electron chi connectivity index (χ4n) is 1.90. The molecule has 1 atom stereocenters. The largest absolute Gasteiger partial charge is 0.495 e. The average Bonchev–Trinajstić information content (AvgIpc) is 2.89. The van der Waals surface area contributed by atoms with Crippen molar-refractivity contribution in [3.8, 4) is 5.75 Å². The predicted octanol–water partition coefficient (Wildman–Crippen LogP) is 2.90. The number of hydrogen-bond acceptors (Lipinski definition) is 5. The number of para-hydroxylation sites is 2. The number of carboxylic acids is 1. The number of ether oxygens (including phenoxy) is 1. The summed E-state index contributed by atoms with van der Waals surface area (Å²) in [6, 6.07) is 7.08. The number of benzene rings is 1. The van der Waals surface area contributed by atoms with Gasteiger partial charge in [0.25, 0.3) is 0 Å². The van der Waals surface area contributed by atoms with Crippen molar-refractivity contribution in [3.05, 3.63) is 39.8 Å². The van der Waals surface area contributed by atoms with Gasteiger partial charge in [-0.3, -0.25) is 4.79 Å². The molecule has 0 unspecified atom stereocenters. The highest BCUT2D eigenvalue weighted by molar-refractivity contribution is 7.13. The van der Waals surface area contributed by atoms with Gasteiger partial charge in [-0.25, -0.2) is 9.78 Å². The quantitative estimate of drug-likeness (QED) is 0.884. The van der Waals surface area contributed by atoms with Crippen LogP contribution < -0.4 is 10.1 Å². The summed E-state index contributed by atoms with van der Waals surface area (Å²) in [5.74, 6) is -1.29. The molecular formula is C15H16N2O4S. The second-order valence-corrected chi connectivity index (χ2v) is 5.71. The normalized spacial score (nSPS) is 11.8. The Morgan fingerprint density at radius 3 is 2.64 bits per heavy atom. The number of aromatic nitrogens is 1. The number of nitrogens with zero attached hydrogens (tertiary/aromatic N) is 1. The minimum Gasteiger partial charge on any atom is -0.495 e. The predicted molar refractivity (Wildman–Crippen MR) is 83.8 cm³/mol. The molecule has 0 saturated carbocycles. The van der Waals surface area contributed by atoms with Crippen LogP contribution in [0, 0.1) is 6.92 Å². The van der Waals surface area contributed by atoms with Gasteiger partial charge < -0.3 is 15.2 Å². The zero-order valence-corrected chi connectivity index (χ0v) is 13.2. The lowest BCUT2D eigenvalue weighted by molar-refractivity contribution is -0.117. The van der Waals surface area contributed by atoms with E-state index < -0.39 is 11.9 Å². The number of amides is 1. The van der Waals surface area contributed by atoms with Crippen LogP contribution in [0.3, 0.4) is 0 Å². The van der Waals surface area contributed by atoms with Crippen LogP contribution in [0.2, 0.25) is 0 Å². The van der Waals surface area contributed by atoms with E-state index >= 15 is 0 Å². The number of hydrogen-bond donors (Lipinski definition) is 2. The molecule has 0 aliphatic heterocycles. The molecular weight excluding hydrogens is 304 g/mol. The Morgan fingerprint density at radius 1 is 1.36 bits per heavy atom. The number of thiazole rings is 1. The van der Waals surface area contributed by atoms with Gasteiger partial charge in [0, 0.05) is 0 Å². The molecule has 0 aliphatic carbocycles. The van der Waals surface area contributed by atoms with Crippen LogP contribution in [-0.2, 0) is 4.79 Å². The lowest BCUT2D eigenvalue weighted by atomic mass is 10.1. The Kier molecular flexibility index (Phi) is 4.77. The Balaban J connectivity index is 2.19. The summed E-state index contributed by atoms with van der Waals surface area (Å²) in [7, 11) is 1.53. The number of anilines is 1. The zero-order valence-electron chi connectivity index (χ0n) is 12.4. The van der Waals surface area contributed by atoms with Crippen molar-refractivity contribution in [1.82, 2.24) is 4.98 Å². The van der Waals surface area contributed by atoms with E-state index in [4.69, 9.17) is 9.84 Å². The van der Waals surface area contributed by atoms with Gasteiger partial charge in [0.05, 0.1) is 24.4 Å². The second kappa shape index (κ2) is 6.57. The minimum absolute atomic E-state index is 0.159. The van der Waals surface area contributed by atoms with Gasteiger partial charge in [0.1, 0.15) is 15.6 Å². The molecule has 6 nitrogen and oxygen atoms in total. The number of nitrogens with one attached hydrogen (secondary N) is 1. The molecule has 0 saturated heterocycles. The van der Waals surface area contributed by atoms with E-state index in [2.05, 4.69) is 10.3 Å². The molecule has 116 valence electrons. The highest BCUT2D eigenvalue weighted by Crippen LogP contribution is 2.28. The third-order valence-electron chi connectivity index (χ3n) is 3.14. The van der Waals surface area contributed by atoms with Crippen LogP contribution in [0.15, 0.2) is 24.3 Å². The number of carboxylic acid groups (broad SMARTS) is 1. The second-order valence-electron chi connectivity index (χ2n) is 4.68. The summed E-state index contributed by atoms with van der Waals surface area (Å²) in [6.07, 6.45) is 0. The molecule has 22 heavy (non-hydrogen) atoms. The van der Waals surface area contributed by atoms with Gasteiger partial charge in [-0.15, -0.1) is 11.3 Å². The first kappa shape index (κ1) is 16.0. The Bertz CT molecular complexity index is 711. The highest BCUT2D eigenvalue weighted by Gasteiger charge is 2.23. The standard InChI is InChI=1S/C15H16N2O4S/c1-8(14-16-9(2)12(22-14)15(19)20)13(18)17-10-6-4-5-7-11(10)21-3/h4-8H,1-3H3,(H,17,18)(H,19,20)/t8-/m0/s1. The molecule has 0 spiro atoms. The summed E-state index contributed by atoms with van der Waals surface area (Å²) in [5, 5.41) is 12.3. The van der Waals surface area contributed by atoms with Gasteiger partial charge >= 0.3 is 5.97 Å². The Labute approximate surface area is 131 Å². The molecule has 0 fully saturated rings. The van der Waals surface area contributed by atoms with Crippen LogP contribution in [-0.4, -0.2) is 29.1 Å². The molecule has 1 aromatic heterocycles. The van der Waals surface area contributed by atoms with Gasteiger partial charge in [-0.05, 0) is 26.0 Å². The maximum Gasteiger partial charge on any atom is 0.347 e. The molecule has 0 radical (unpaired) electrons. The van der Waals surface area contributed by atoms with Crippen molar-refractivity contribution < 1.29 is 19.4 Å². The van der Waals surface area contributed by atoms with Crippen LogP contribution in [0.1, 0.15) is 33.2 Å². The van der Waals surface area contributed by atoms with Crippen molar-refractivity contribution in [2.24, 2.45) is 0 Å². The monoisotopic (exact) mass is 320 g/mol. The molecule has 0 bridgehead atoms. The van der Waals surface area contributed by atoms with Crippen molar-refractivity contribution in [1.29, 1.82) is 0 Å². The third kappa shape index (κ3) is 3.25. The van der Waals surface area contributed by atoms with Crippen molar-refractivity contribution >= 4 is 28.9 Å². The smallest absolute Gasteiger partial charge is 0.347 e. The van der Waals surface area contributed by atoms with E-state index in [0.717, 1.165) is 11.3 Å². The molecule has 2 aromatic rings. The molecule has 2 rings (SSSR count). The van der Waals surface area contributed by atoms with Gasteiger partial charge in [-0.1, -0.05) is 12.1 Å². The van der Waals surface area contributed by atoms with Crippen LogP contribution in [0.25, 0.3) is 0 Å². The lowest BCUT2D eigenvalue weighted by Crippen LogP contribution is -2.19. The summed E-state index contributed by atoms with van der Waals surface area (Å²) in [6.45, 7) is 3.31. The SMILES string of the molecule is COc1ccccc1NC(=O)[C@H](C)c1nc(C)c(C(=O)O)s1. The number of aromatic carboxylic acids is 1. The maximum atomic E-state index is 12.3. The topological polar surface area (TPSA) is 88.5 Å². The number of aryl methyl sites for hydroxylation is 1.